The van der Waals surface area contributed by atoms with Gasteiger partial charge in [-0.05, 0) is 37.5 Å². The van der Waals surface area contributed by atoms with Crippen LogP contribution in [0.1, 0.15) is 44.1 Å². The van der Waals surface area contributed by atoms with E-state index in [2.05, 4.69) is 5.32 Å². The molecule has 1 saturated carbocycles. The molecule has 0 aliphatic heterocycles. The Morgan fingerprint density at radius 1 is 1.45 bits per heavy atom. The van der Waals surface area contributed by atoms with Gasteiger partial charge in [-0.15, -0.1) is 0 Å². The maximum absolute atomic E-state index is 12.0. The van der Waals surface area contributed by atoms with Crippen LogP contribution in [0.15, 0.2) is 24.3 Å². The lowest BCUT2D eigenvalue weighted by Crippen LogP contribution is -2.31. The number of nitrogens with two attached hydrogens (primary N) is 1. The third kappa shape index (κ3) is 4.23. The van der Waals surface area contributed by atoms with Crippen molar-refractivity contribution >= 4 is 11.6 Å². The molecule has 0 saturated heterocycles. The first-order chi connectivity index (χ1) is 9.66. The summed E-state index contributed by atoms with van der Waals surface area (Å²) < 4.78 is 5.72. The predicted molar refractivity (Wildman–Crippen MR) is 80.5 cm³/mol. The zero-order valence-electron chi connectivity index (χ0n) is 12.1. The van der Waals surface area contributed by atoms with Crippen molar-refractivity contribution in [2.75, 3.05) is 18.9 Å². The first-order valence-corrected chi connectivity index (χ1v) is 7.41. The van der Waals surface area contributed by atoms with Gasteiger partial charge in [-0.25, -0.2) is 0 Å². The highest BCUT2D eigenvalue weighted by Gasteiger charge is 2.16. The summed E-state index contributed by atoms with van der Waals surface area (Å²) in [5, 5.41) is 2.92. The number of nitrogen functional groups attached to an aromatic ring is 1. The summed E-state index contributed by atoms with van der Waals surface area (Å²) in [5.74, 6) is -0.171. The van der Waals surface area contributed by atoms with E-state index in [1.54, 1.807) is 0 Å². The van der Waals surface area contributed by atoms with Gasteiger partial charge in [0.25, 0.3) is 0 Å². The monoisotopic (exact) mass is 276 g/mol. The van der Waals surface area contributed by atoms with E-state index in [1.165, 1.54) is 12.8 Å². The molecule has 20 heavy (non-hydrogen) atoms. The Balaban J connectivity index is 1.71. The van der Waals surface area contributed by atoms with E-state index in [9.17, 15) is 4.79 Å². The van der Waals surface area contributed by atoms with Gasteiger partial charge in [-0.1, -0.05) is 25.0 Å². The number of nitrogens with one attached hydrogen (secondary N) is 1. The van der Waals surface area contributed by atoms with Gasteiger partial charge in [-0.2, -0.15) is 0 Å². The zero-order chi connectivity index (χ0) is 14.4. The maximum Gasteiger partial charge on any atom is 0.227 e. The fraction of sp³-hybridized carbons (Fsp3) is 0.562. The summed E-state index contributed by atoms with van der Waals surface area (Å²) in [5.41, 5.74) is 7.37. The molecule has 1 fully saturated rings. The minimum atomic E-state index is -0.190. The smallest absolute Gasteiger partial charge is 0.227 e. The highest BCUT2D eigenvalue weighted by atomic mass is 16.5. The quantitative estimate of drug-likeness (QED) is 0.619. The van der Waals surface area contributed by atoms with Crippen LogP contribution in [0.4, 0.5) is 5.69 Å². The Bertz CT molecular complexity index is 442. The van der Waals surface area contributed by atoms with Crippen molar-refractivity contribution in [2.45, 2.75) is 44.6 Å². The molecule has 0 bridgehead atoms. The topological polar surface area (TPSA) is 64.3 Å². The van der Waals surface area contributed by atoms with Crippen LogP contribution in [-0.4, -0.2) is 25.2 Å². The first kappa shape index (κ1) is 14.9. The van der Waals surface area contributed by atoms with E-state index in [0.717, 1.165) is 18.4 Å². The van der Waals surface area contributed by atoms with Crippen LogP contribution in [0.5, 0.6) is 0 Å². The van der Waals surface area contributed by atoms with Crippen LogP contribution >= 0.6 is 0 Å². The van der Waals surface area contributed by atoms with Crippen LogP contribution in [0.3, 0.4) is 0 Å². The van der Waals surface area contributed by atoms with Gasteiger partial charge in [0.1, 0.15) is 0 Å². The second kappa shape index (κ2) is 7.29. The normalized spacial score (nSPS) is 17.1. The molecule has 0 aromatic heterocycles. The number of carbonyl (C=O) groups is 1. The van der Waals surface area contributed by atoms with E-state index in [-0.39, 0.29) is 11.8 Å². The molecule has 1 aliphatic carbocycles. The van der Waals surface area contributed by atoms with Crippen molar-refractivity contribution in [1.29, 1.82) is 0 Å². The number of rotatable bonds is 6. The van der Waals surface area contributed by atoms with Crippen LogP contribution in [0.2, 0.25) is 0 Å². The number of ether oxygens (including phenoxy) is 1. The summed E-state index contributed by atoms with van der Waals surface area (Å²) in [7, 11) is 0. The minimum Gasteiger partial charge on any atom is -0.399 e. The van der Waals surface area contributed by atoms with Gasteiger partial charge in [-0.3, -0.25) is 4.79 Å². The molecule has 4 nitrogen and oxygen atoms in total. The minimum absolute atomic E-state index is 0.0191. The van der Waals surface area contributed by atoms with Crippen LogP contribution in [0, 0.1) is 0 Å². The maximum atomic E-state index is 12.0. The molecular weight excluding hydrogens is 252 g/mol. The molecule has 4 heteroatoms. The van der Waals surface area contributed by atoms with Crippen LogP contribution in [0.25, 0.3) is 0 Å². The molecular formula is C16H24N2O2. The molecule has 1 amide bonds. The van der Waals surface area contributed by atoms with Crippen molar-refractivity contribution < 1.29 is 9.53 Å². The van der Waals surface area contributed by atoms with Gasteiger partial charge in [0.2, 0.25) is 5.91 Å². The number of amides is 1. The second-order valence-corrected chi connectivity index (χ2v) is 5.46. The van der Waals surface area contributed by atoms with Gasteiger partial charge >= 0.3 is 0 Å². The summed E-state index contributed by atoms with van der Waals surface area (Å²) >= 11 is 0. The van der Waals surface area contributed by atoms with Crippen molar-refractivity contribution in [1.82, 2.24) is 5.32 Å². The Hall–Kier alpha value is -1.55. The van der Waals surface area contributed by atoms with Gasteiger partial charge in [0.15, 0.2) is 0 Å². The molecule has 0 heterocycles. The Labute approximate surface area is 120 Å². The number of hydrogen-bond donors (Lipinski definition) is 2. The highest BCUT2D eigenvalue weighted by molar-refractivity contribution is 5.83. The van der Waals surface area contributed by atoms with Gasteiger partial charge < -0.3 is 15.8 Å². The zero-order valence-corrected chi connectivity index (χ0v) is 12.1. The molecule has 1 aromatic carbocycles. The fourth-order valence-electron chi connectivity index (χ4n) is 2.59. The predicted octanol–water partition coefficient (Wildman–Crippen LogP) is 2.45. The highest BCUT2D eigenvalue weighted by Crippen LogP contribution is 2.20. The van der Waals surface area contributed by atoms with E-state index in [1.807, 2.05) is 31.2 Å². The number of carbonyl (C=O) groups excluding carboxylic acids is 1. The molecule has 1 aliphatic rings. The van der Waals surface area contributed by atoms with Crippen LogP contribution < -0.4 is 11.1 Å². The Morgan fingerprint density at radius 2 is 2.20 bits per heavy atom. The van der Waals surface area contributed by atoms with E-state index >= 15 is 0 Å². The lowest BCUT2D eigenvalue weighted by atomic mass is 10.00. The average Bonchev–Trinajstić information content (AvgIpc) is 2.95. The number of hydrogen-bond acceptors (Lipinski definition) is 3. The molecule has 3 N–H and O–H groups in total. The summed E-state index contributed by atoms with van der Waals surface area (Å²) in [6.45, 7) is 3.06. The summed E-state index contributed by atoms with van der Waals surface area (Å²) in [6, 6.07) is 7.47. The molecule has 1 unspecified atom stereocenters. The molecule has 0 spiro atoms. The number of benzene rings is 1. The second-order valence-electron chi connectivity index (χ2n) is 5.46. The summed E-state index contributed by atoms with van der Waals surface area (Å²) in [4.78, 5) is 12.0. The molecule has 0 radical (unpaired) electrons. The standard InChI is InChI=1S/C16H24N2O2/c1-12(13-5-4-6-14(17)11-13)16(19)18-9-10-20-15-7-2-3-8-15/h4-6,11-12,15H,2-3,7-10,17H2,1H3,(H,18,19). The number of anilines is 1. The van der Waals surface area contributed by atoms with E-state index < -0.39 is 0 Å². The average molecular weight is 276 g/mol. The molecule has 2 rings (SSSR count). The largest absolute Gasteiger partial charge is 0.399 e. The van der Waals surface area contributed by atoms with Crippen molar-refractivity contribution in [2.24, 2.45) is 0 Å². The van der Waals surface area contributed by atoms with Crippen molar-refractivity contribution in [3.05, 3.63) is 29.8 Å². The summed E-state index contributed by atoms with van der Waals surface area (Å²) in [6.07, 6.45) is 5.26. The van der Waals surface area contributed by atoms with Crippen molar-refractivity contribution in [3.8, 4) is 0 Å². The first-order valence-electron chi connectivity index (χ1n) is 7.41. The van der Waals surface area contributed by atoms with Crippen molar-refractivity contribution in [3.63, 3.8) is 0 Å². The van der Waals surface area contributed by atoms with E-state index in [0.29, 0.717) is 24.9 Å². The van der Waals surface area contributed by atoms with Gasteiger partial charge in [0, 0.05) is 12.2 Å². The third-order valence-corrected chi connectivity index (χ3v) is 3.86. The fourth-order valence-corrected chi connectivity index (χ4v) is 2.59. The third-order valence-electron chi connectivity index (χ3n) is 3.86. The molecule has 1 aromatic rings. The molecule has 1 atom stereocenters. The van der Waals surface area contributed by atoms with Gasteiger partial charge in [0.05, 0.1) is 18.6 Å². The van der Waals surface area contributed by atoms with E-state index in [4.69, 9.17) is 10.5 Å². The SMILES string of the molecule is CC(C(=O)NCCOC1CCCC1)c1cccc(N)c1. The lowest BCUT2D eigenvalue weighted by Gasteiger charge is -2.15. The molecule has 110 valence electrons. The Kier molecular flexibility index (Phi) is 5.41. The van der Waals surface area contributed by atoms with Crippen LogP contribution in [-0.2, 0) is 9.53 Å². The lowest BCUT2D eigenvalue weighted by molar-refractivity contribution is -0.122. The Morgan fingerprint density at radius 3 is 2.90 bits per heavy atom.